The molecule has 110 valence electrons. The topological polar surface area (TPSA) is 80.8 Å². The molecule has 1 fully saturated rings. The fraction of sp³-hybridized carbons (Fsp3) is 0.500. The molecule has 1 atom stereocenters. The van der Waals surface area contributed by atoms with Crippen LogP contribution in [0.1, 0.15) is 16.1 Å². The highest BCUT2D eigenvalue weighted by Crippen LogP contribution is 2.17. The summed E-state index contributed by atoms with van der Waals surface area (Å²) in [6.45, 7) is -0.371. The summed E-state index contributed by atoms with van der Waals surface area (Å²) in [6, 6.07) is 3.01. The van der Waals surface area contributed by atoms with Crippen LogP contribution in [0, 0.1) is 0 Å². The molecule has 0 radical (unpaired) electrons. The molecule has 0 bridgehead atoms. The van der Waals surface area contributed by atoms with Crippen LogP contribution >= 0.6 is 11.3 Å². The fourth-order valence-electron chi connectivity index (χ4n) is 1.98. The smallest absolute Gasteiger partial charge is 0.348 e. The van der Waals surface area contributed by atoms with Gasteiger partial charge in [0.05, 0.1) is 11.5 Å². The van der Waals surface area contributed by atoms with Crippen LogP contribution in [0.5, 0.6) is 0 Å². The zero-order valence-corrected chi connectivity index (χ0v) is 12.6. The highest BCUT2D eigenvalue weighted by Gasteiger charge is 2.32. The first kappa shape index (κ1) is 15.0. The Labute approximate surface area is 121 Å². The lowest BCUT2D eigenvalue weighted by Crippen LogP contribution is -2.40. The summed E-state index contributed by atoms with van der Waals surface area (Å²) in [4.78, 5) is 25.2. The molecule has 1 amide bonds. The van der Waals surface area contributed by atoms with E-state index in [2.05, 4.69) is 0 Å². The Morgan fingerprint density at radius 1 is 1.50 bits per heavy atom. The van der Waals surface area contributed by atoms with Gasteiger partial charge in [0.15, 0.2) is 16.4 Å². The number of hydrogen-bond acceptors (Lipinski definition) is 6. The van der Waals surface area contributed by atoms with Crippen molar-refractivity contribution in [3.8, 4) is 0 Å². The predicted octanol–water partition coefficient (Wildman–Crippen LogP) is 0.550. The van der Waals surface area contributed by atoms with Gasteiger partial charge in [0.25, 0.3) is 5.91 Å². The molecular formula is C12H15NO5S2. The van der Waals surface area contributed by atoms with Gasteiger partial charge in [0.2, 0.25) is 0 Å². The third kappa shape index (κ3) is 3.57. The Balaban J connectivity index is 1.84. The average Bonchev–Trinajstić information content (AvgIpc) is 3.03. The summed E-state index contributed by atoms with van der Waals surface area (Å²) < 4.78 is 27.6. The van der Waals surface area contributed by atoms with E-state index in [0.29, 0.717) is 11.3 Å². The molecule has 20 heavy (non-hydrogen) atoms. The van der Waals surface area contributed by atoms with Gasteiger partial charge >= 0.3 is 5.97 Å². The second-order valence-corrected chi connectivity index (χ2v) is 7.79. The Bertz CT molecular complexity index is 593. The third-order valence-electron chi connectivity index (χ3n) is 3.20. The normalized spacial score (nSPS) is 20.6. The summed E-state index contributed by atoms with van der Waals surface area (Å²) >= 11 is 1.24. The Hall–Kier alpha value is -1.41. The molecule has 1 aliphatic rings. The van der Waals surface area contributed by atoms with Crippen LogP contribution in [-0.2, 0) is 19.4 Å². The number of rotatable bonds is 4. The van der Waals surface area contributed by atoms with E-state index in [1.165, 1.54) is 23.3 Å². The van der Waals surface area contributed by atoms with E-state index in [1.807, 2.05) is 0 Å². The van der Waals surface area contributed by atoms with Crippen molar-refractivity contribution in [2.75, 3.05) is 25.2 Å². The van der Waals surface area contributed by atoms with E-state index in [9.17, 15) is 18.0 Å². The maximum absolute atomic E-state index is 11.9. The minimum Gasteiger partial charge on any atom is -0.451 e. The number of sulfone groups is 1. The number of carbonyl (C=O) groups excluding carboxylic acids is 2. The summed E-state index contributed by atoms with van der Waals surface area (Å²) in [6.07, 6.45) is 0.434. The van der Waals surface area contributed by atoms with Crippen molar-refractivity contribution in [3.63, 3.8) is 0 Å². The second kappa shape index (κ2) is 5.92. The number of likely N-dealkylation sites (N-methyl/N-ethyl adjacent to an activating group) is 1. The van der Waals surface area contributed by atoms with Gasteiger partial charge in [-0.2, -0.15) is 0 Å². The van der Waals surface area contributed by atoms with Gasteiger partial charge in [-0.05, 0) is 17.9 Å². The summed E-state index contributed by atoms with van der Waals surface area (Å²) in [5.74, 6) is -0.851. The molecule has 0 saturated carbocycles. The number of ether oxygens (including phenoxy) is 1. The van der Waals surface area contributed by atoms with Gasteiger partial charge in [-0.25, -0.2) is 13.2 Å². The van der Waals surface area contributed by atoms with Crippen molar-refractivity contribution in [1.29, 1.82) is 0 Å². The molecule has 0 spiro atoms. The molecule has 2 rings (SSSR count). The molecule has 8 heteroatoms. The first-order chi connectivity index (χ1) is 9.39. The highest BCUT2D eigenvalue weighted by molar-refractivity contribution is 7.91. The van der Waals surface area contributed by atoms with E-state index >= 15 is 0 Å². The predicted molar refractivity (Wildman–Crippen MR) is 74.4 cm³/mol. The highest BCUT2D eigenvalue weighted by atomic mass is 32.2. The van der Waals surface area contributed by atoms with E-state index in [0.717, 1.165) is 0 Å². The molecule has 6 nitrogen and oxygen atoms in total. The molecule has 0 N–H and O–H groups in total. The summed E-state index contributed by atoms with van der Waals surface area (Å²) in [5.41, 5.74) is 0. The first-order valence-corrected chi connectivity index (χ1v) is 8.76. The van der Waals surface area contributed by atoms with Crippen molar-refractivity contribution in [3.05, 3.63) is 22.4 Å². The zero-order chi connectivity index (χ0) is 14.8. The zero-order valence-electron chi connectivity index (χ0n) is 10.9. The van der Waals surface area contributed by atoms with E-state index in [1.54, 1.807) is 17.5 Å². The maximum atomic E-state index is 11.9. The van der Waals surface area contributed by atoms with E-state index in [-0.39, 0.29) is 24.2 Å². The lowest BCUT2D eigenvalue weighted by molar-refractivity contribution is -0.134. The molecule has 0 aromatic carbocycles. The number of nitrogens with zero attached hydrogens (tertiary/aromatic N) is 1. The van der Waals surface area contributed by atoms with Crippen LogP contribution in [0.15, 0.2) is 17.5 Å². The second-order valence-electron chi connectivity index (χ2n) is 4.61. The molecule has 1 aliphatic heterocycles. The lowest BCUT2D eigenvalue weighted by atomic mass is 10.2. The van der Waals surface area contributed by atoms with Crippen molar-refractivity contribution in [1.82, 2.24) is 4.90 Å². The molecular weight excluding hydrogens is 302 g/mol. The molecule has 0 unspecified atom stereocenters. The van der Waals surface area contributed by atoms with Crippen LogP contribution in [0.25, 0.3) is 0 Å². The minimum atomic E-state index is -3.04. The van der Waals surface area contributed by atoms with Crippen LogP contribution in [-0.4, -0.2) is 56.4 Å². The number of thiophene rings is 1. The number of hydrogen-bond donors (Lipinski definition) is 0. The number of carbonyl (C=O) groups is 2. The number of amides is 1. The van der Waals surface area contributed by atoms with Gasteiger partial charge in [-0.15, -0.1) is 11.3 Å². The Morgan fingerprint density at radius 3 is 2.80 bits per heavy atom. The van der Waals surface area contributed by atoms with Crippen molar-refractivity contribution in [2.24, 2.45) is 0 Å². The molecule has 2 heterocycles. The van der Waals surface area contributed by atoms with Crippen LogP contribution in [0.2, 0.25) is 0 Å². The Kier molecular flexibility index (Phi) is 4.44. The average molecular weight is 317 g/mol. The van der Waals surface area contributed by atoms with Gasteiger partial charge in [0, 0.05) is 13.1 Å². The standard InChI is InChI=1S/C12H15NO5S2/c1-13(9-4-6-20(16,17)8-9)11(14)7-18-12(15)10-3-2-5-19-10/h2-3,5,9H,4,6-8H2,1H3/t9-/m0/s1. The maximum Gasteiger partial charge on any atom is 0.348 e. The summed E-state index contributed by atoms with van der Waals surface area (Å²) in [7, 11) is -1.51. The quantitative estimate of drug-likeness (QED) is 0.758. The SMILES string of the molecule is CN(C(=O)COC(=O)c1cccs1)[C@H]1CCS(=O)(=O)C1. The Morgan fingerprint density at radius 2 is 2.25 bits per heavy atom. The van der Waals surface area contributed by atoms with E-state index in [4.69, 9.17) is 4.74 Å². The monoisotopic (exact) mass is 317 g/mol. The fourth-order valence-corrected chi connectivity index (χ4v) is 4.37. The van der Waals surface area contributed by atoms with Crippen molar-refractivity contribution < 1.29 is 22.7 Å². The molecule has 1 saturated heterocycles. The minimum absolute atomic E-state index is 0.0197. The molecule has 0 aliphatic carbocycles. The third-order valence-corrected chi connectivity index (χ3v) is 5.80. The van der Waals surface area contributed by atoms with E-state index < -0.39 is 21.7 Å². The van der Waals surface area contributed by atoms with Crippen molar-refractivity contribution >= 4 is 33.1 Å². The molecule has 1 aromatic rings. The van der Waals surface area contributed by atoms with Gasteiger partial charge < -0.3 is 9.64 Å². The van der Waals surface area contributed by atoms with Crippen LogP contribution < -0.4 is 0 Å². The van der Waals surface area contributed by atoms with Crippen LogP contribution in [0.3, 0.4) is 0 Å². The largest absolute Gasteiger partial charge is 0.451 e. The first-order valence-electron chi connectivity index (χ1n) is 6.06. The van der Waals surface area contributed by atoms with Gasteiger partial charge in [-0.3, -0.25) is 4.79 Å². The number of esters is 1. The van der Waals surface area contributed by atoms with Gasteiger partial charge in [-0.1, -0.05) is 6.07 Å². The summed E-state index contributed by atoms with van der Waals surface area (Å²) in [5, 5.41) is 1.74. The van der Waals surface area contributed by atoms with Crippen LogP contribution in [0.4, 0.5) is 0 Å². The van der Waals surface area contributed by atoms with Crippen molar-refractivity contribution in [2.45, 2.75) is 12.5 Å². The molecule has 1 aromatic heterocycles. The van der Waals surface area contributed by atoms with Gasteiger partial charge in [0.1, 0.15) is 4.88 Å². The lowest BCUT2D eigenvalue weighted by Gasteiger charge is -2.23.